The first-order valence-corrected chi connectivity index (χ1v) is 5.64. The van der Waals surface area contributed by atoms with Gasteiger partial charge in [0.05, 0.1) is 6.61 Å². The number of rotatable bonds is 7. The molecule has 0 aliphatic carbocycles. The van der Waals surface area contributed by atoms with Crippen molar-refractivity contribution < 1.29 is 19.4 Å². The fourth-order valence-electron chi connectivity index (χ4n) is 1.01. The smallest absolute Gasteiger partial charge is 0.328 e. The summed E-state index contributed by atoms with van der Waals surface area (Å²) in [7, 11) is 5.19. The van der Waals surface area contributed by atoms with Gasteiger partial charge in [-0.25, -0.2) is 9.59 Å². The molecular weight excluding hydrogens is 238 g/mol. The molecule has 0 aliphatic rings. The maximum Gasteiger partial charge on any atom is 0.328 e. The zero-order valence-electron chi connectivity index (χ0n) is 11.6. The monoisotopic (exact) mass is 261 g/mol. The minimum atomic E-state index is -1.13. The van der Waals surface area contributed by atoms with Gasteiger partial charge in [-0.15, -0.1) is 0 Å². The number of amides is 2. The number of urea groups is 1. The summed E-state index contributed by atoms with van der Waals surface area (Å²) in [5.41, 5.74) is -0.211. The highest BCUT2D eigenvalue weighted by molar-refractivity contribution is 5.82. The number of carboxylic acids is 1. The highest BCUT2D eigenvalue weighted by atomic mass is 16.5. The Hall–Kier alpha value is -1.34. The minimum absolute atomic E-state index is 0.0696. The molecule has 3 N–H and O–H groups in total. The molecule has 7 nitrogen and oxygen atoms in total. The van der Waals surface area contributed by atoms with Gasteiger partial charge in [0.25, 0.3) is 0 Å². The number of methoxy groups -OCH3 is 1. The Morgan fingerprint density at radius 3 is 2.33 bits per heavy atom. The Bertz CT molecular complexity index is 292. The molecule has 0 saturated carbocycles. The molecule has 0 fully saturated rings. The lowest BCUT2D eigenvalue weighted by Gasteiger charge is -2.32. The molecule has 0 bridgehead atoms. The summed E-state index contributed by atoms with van der Waals surface area (Å²) >= 11 is 0. The van der Waals surface area contributed by atoms with E-state index in [4.69, 9.17) is 9.84 Å². The largest absolute Gasteiger partial charge is 0.480 e. The Labute approximate surface area is 107 Å². The van der Waals surface area contributed by atoms with Crippen LogP contribution in [-0.2, 0) is 9.53 Å². The second-order valence-electron chi connectivity index (χ2n) is 4.88. The zero-order chi connectivity index (χ0) is 14.3. The number of likely N-dealkylation sites (N-methyl/N-ethyl adjacent to an activating group) is 1. The fourth-order valence-corrected chi connectivity index (χ4v) is 1.01. The predicted molar refractivity (Wildman–Crippen MR) is 67.6 cm³/mol. The summed E-state index contributed by atoms with van der Waals surface area (Å²) in [5, 5.41) is 13.8. The van der Waals surface area contributed by atoms with E-state index < -0.39 is 18.0 Å². The van der Waals surface area contributed by atoms with Crippen LogP contribution in [0.25, 0.3) is 0 Å². The molecule has 0 aromatic carbocycles. The van der Waals surface area contributed by atoms with Crippen LogP contribution in [0, 0.1) is 0 Å². The van der Waals surface area contributed by atoms with Crippen molar-refractivity contribution >= 4 is 12.0 Å². The normalized spacial score (nSPS) is 13.2. The van der Waals surface area contributed by atoms with E-state index in [9.17, 15) is 9.59 Å². The van der Waals surface area contributed by atoms with E-state index in [1.165, 1.54) is 7.11 Å². The molecule has 106 valence electrons. The van der Waals surface area contributed by atoms with Crippen molar-refractivity contribution in [2.24, 2.45) is 0 Å². The van der Waals surface area contributed by atoms with E-state index in [1.807, 2.05) is 32.8 Å². The lowest BCUT2D eigenvalue weighted by Crippen LogP contribution is -2.53. The summed E-state index contributed by atoms with van der Waals surface area (Å²) in [6.07, 6.45) is 0. The van der Waals surface area contributed by atoms with Crippen LogP contribution < -0.4 is 10.6 Å². The number of nitrogens with zero attached hydrogens (tertiary/aromatic N) is 1. The minimum Gasteiger partial charge on any atom is -0.480 e. The van der Waals surface area contributed by atoms with E-state index in [-0.39, 0.29) is 12.1 Å². The van der Waals surface area contributed by atoms with Crippen molar-refractivity contribution in [3.05, 3.63) is 0 Å². The van der Waals surface area contributed by atoms with E-state index in [2.05, 4.69) is 10.6 Å². The molecule has 0 saturated heterocycles. The van der Waals surface area contributed by atoms with E-state index >= 15 is 0 Å². The number of carbonyl (C=O) groups excluding carboxylic acids is 1. The molecule has 0 spiro atoms. The highest BCUT2D eigenvalue weighted by Crippen LogP contribution is 2.07. The maximum atomic E-state index is 11.5. The molecule has 18 heavy (non-hydrogen) atoms. The van der Waals surface area contributed by atoms with Gasteiger partial charge in [0.15, 0.2) is 6.04 Å². The van der Waals surface area contributed by atoms with Crippen LogP contribution in [0.5, 0.6) is 0 Å². The van der Waals surface area contributed by atoms with Crippen molar-refractivity contribution in [1.82, 2.24) is 15.5 Å². The number of hydrogen-bond donors (Lipinski definition) is 3. The number of carboxylic acid groups (broad SMARTS) is 1. The molecule has 0 aromatic rings. The van der Waals surface area contributed by atoms with Crippen molar-refractivity contribution in [2.75, 3.05) is 34.4 Å². The Morgan fingerprint density at radius 2 is 1.94 bits per heavy atom. The van der Waals surface area contributed by atoms with Crippen LogP contribution in [0.3, 0.4) is 0 Å². The average Bonchev–Trinajstić information content (AvgIpc) is 2.25. The standard InChI is InChI=1S/C11H23N3O4/c1-11(2,14(3)4)7-12-10(17)13-8(6-18-5)9(15)16/h8H,6-7H2,1-5H3,(H,15,16)(H2,12,13,17). The summed E-state index contributed by atoms with van der Waals surface area (Å²) < 4.78 is 4.72. The van der Waals surface area contributed by atoms with Gasteiger partial charge < -0.3 is 25.4 Å². The van der Waals surface area contributed by atoms with Gasteiger partial charge in [-0.05, 0) is 27.9 Å². The number of hydrogen-bond acceptors (Lipinski definition) is 4. The Kier molecular flexibility index (Phi) is 6.64. The quantitative estimate of drug-likeness (QED) is 0.586. The zero-order valence-corrected chi connectivity index (χ0v) is 11.6. The van der Waals surface area contributed by atoms with E-state index in [1.54, 1.807) is 0 Å². The number of nitrogens with one attached hydrogen (secondary N) is 2. The second-order valence-corrected chi connectivity index (χ2v) is 4.88. The molecule has 0 rings (SSSR count). The molecular formula is C11H23N3O4. The molecule has 0 aromatic heterocycles. The Balaban J connectivity index is 4.22. The first kappa shape index (κ1) is 16.7. The van der Waals surface area contributed by atoms with Crippen molar-refractivity contribution in [3.8, 4) is 0 Å². The van der Waals surface area contributed by atoms with Crippen molar-refractivity contribution in [1.29, 1.82) is 0 Å². The second kappa shape index (κ2) is 7.17. The van der Waals surface area contributed by atoms with E-state index in [0.717, 1.165) is 0 Å². The lowest BCUT2D eigenvalue weighted by molar-refractivity contribution is -0.140. The summed E-state index contributed by atoms with van der Waals surface area (Å²) in [6, 6.07) is -1.56. The van der Waals surface area contributed by atoms with Crippen LogP contribution in [0.4, 0.5) is 4.79 Å². The SMILES string of the molecule is COCC(NC(=O)NCC(C)(C)N(C)C)C(=O)O. The summed E-state index contributed by atoms with van der Waals surface area (Å²) in [4.78, 5) is 24.3. The number of ether oxygens (including phenoxy) is 1. The topological polar surface area (TPSA) is 90.9 Å². The third kappa shape index (κ3) is 5.83. The van der Waals surface area contributed by atoms with Gasteiger partial charge in [0.1, 0.15) is 0 Å². The molecule has 0 radical (unpaired) electrons. The van der Waals surface area contributed by atoms with Gasteiger partial charge in [-0.2, -0.15) is 0 Å². The molecule has 2 amide bonds. The first-order chi connectivity index (χ1) is 8.20. The van der Waals surface area contributed by atoms with Gasteiger partial charge in [0.2, 0.25) is 0 Å². The van der Waals surface area contributed by atoms with Crippen LogP contribution in [-0.4, -0.2) is 67.9 Å². The van der Waals surface area contributed by atoms with Gasteiger partial charge >= 0.3 is 12.0 Å². The summed E-state index contributed by atoms with van der Waals surface area (Å²) in [6.45, 7) is 4.28. The molecule has 1 unspecified atom stereocenters. The van der Waals surface area contributed by atoms with Crippen LogP contribution in [0.2, 0.25) is 0 Å². The van der Waals surface area contributed by atoms with Crippen molar-refractivity contribution in [2.45, 2.75) is 25.4 Å². The molecule has 7 heteroatoms. The fraction of sp³-hybridized carbons (Fsp3) is 0.818. The molecule has 0 heterocycles. The summed E-state index contributed by atoms with van der Waals surface area (Å²) in [5.74, 6) is -1.13. The van der Waals surface area contributed by atoms with Gasteiger partial charge in [-0.3, -0.25) is 0 Å². The van der Waals surface area contributed by atoms with Crippen LogP contribution in [0.1, 0.15) is 13.8 Å². The third-order valence-electron chi connectivity index (χ3n) is 2.83. The van der Waals surface area contributed by atoms with Crippen LogP contribution >= 0.6 is 0 Å². The Morgan fingerprint density at radius 1 is 1.39 bits per heavy atom. The van der Waals surface area contributed by atoms with Gasteiger partial charge in [-0.1, -0.05) is 0 Å². The number of carbonyl (C=O) groups is 2. The third-order valence-corrected chi connectivity index (χ3v) is 2.83. The lowest BCUT2D eigenvalue weighted by atomic mass is 10.0. The predicted octanol–water partition coefficient (Wildman–Crippen LogP) is -0.275. The highest BCUT2D eigenvalue weighted by Gasteiger charge is 2.23. The first-order valence-electron chi connectivity index (χ1n) is 5.64. The number of aliphatic carboxylic acids is 1. The maximum absolute atomic E-state index is 11.5. The molecule has 1 atom stereocenters. The van der Waals surface area contributed by atoms with Crippen LogP contribution in [0.15, 0.2) is 0 Å². The van der Waals surface area contributed by atoms with Gasteiger partial charge in [0, 0.05) is 19.2 Å². The molecule has 0 aliphatic heterocycles. The van der Waals surface area contributed by atoms with E-state index in [0.29, 0.717) is 6.54 Å². The average molecular weight is 261 g/mol. The van der Waals surface area contributed by atoms with Crippen molar-refractivity contribution in [3.63, 3.8) is 0 Å².